The highest BCUT2D eigenvalue weighted by Gasteiger charge is 2.12. The van der Waals surface area contributed by atoms with Crippen LogP contribution in [0.1, 0.15) is 26.7 Å². The maximum absolute atomic E-state index is 12.6. The van der Waals surface area contributed by atoms with Crippen LogP contribution in [-0.2, 0) is 0 Å². The number of anilines is 2. The molecule has 0 unspecified atom stereocenters. The van der Waals surface area contributed by atoms with Crippen molar-refractivity contribution in [1.29, 1.82) is 0 Å². The minimum Gasteiger partial charge on any atom is -0.322 e. The zero-order chi connectivity index (χ0) is 20.2. The quantitative estimate of drug-likeness (QED) is 0.480. The Morgan fingerprint density at radius 2 is 1.90 bits per heavy atom. The van der Waals surface area contributed by atoms with Crippen LogP contribution in [0.15, 0.2) is 61.3 Å². The zero-order valence-electron chi connectivity index (χ0n) is 15.3. The number of hydrogen-bond acceptors (Lipinski definition) is 6. The summed E-state index contributed by atoms with van der Waals surface area (Å²) in [4.78, 5) is 32.5. The zero-order valence-corrected chi connectivity index (χ0v) is 15.3. The van der Waals surface area contributed by atoms with E-state index in [0.29, 0.717) is 22.6 Å². The molecule has 0 aliphatic carbocycles. The maximum Gasteiger partial charge on any atom is 0.295 e. The second-order valence-electron chi connectivity index (χ2n) is 6.14. The van der Waals surface area contributed by atoms with Gasteiger partial charge in [0, 0.05) is 23.1 Å². The predicted octanol–water partition coefficient (Wildman–Crippen LogP) is 2.20. The van der Waals surface area contributed by atoms with Crippen molar-refractivity contribution in [3.63, 3.8) is 0 Å². The summed E-state index contributed by atoms with van der Waals surface area (Å²) < 4.78 is 1.56. The SMILES string of the molecule is Cc1cc(NC(=O)c2cccc(-n3cc(NC(=O)c4nc[nH]n4)cn3)c2)ccn1. The number of aromatic amines is 1. The lowest BCUT2D eigenvalue weighted by Gasteiger charge is -2.07. The van der Waals surface area contributed by atoms with Gasteiger partial charge >= 0.3 is 0 Å². The summed E-state index contributed by atoms with van der Waals surface area (Å²) in [5, 5.41) is 15.9. The Bertz CT molecular complexity index is 1170. The Morgan fingerprint density at radius 3 is 2.69 bits per heavy atom. The number of carbonyl (C=O) groups excluding carboxylic acids is 2. The number of amides is 2. The van der Waals surface area contributed by atoms with E-state index in [1.54, 1.807) is 53.5 Å². The summed E-state index contributed by atoms with van der Waals surface area (Å²) in [5.41, 5.74) is 3.10. The molecule has 144 valence electrons. The van der Waals surface area contributed by atoms with Gasteiger partial charge in [-0.05, 0) is 37.3 Å². The minimum absolute atomic E-state index is 0.0303. The molecule has 3 aromatic heterocycles. The largest absolute Gasteiger partial charge is 0.322 e. The van der Waals surface area contributed by atoms with Crippen molar-refractivity contribution in [3.05, 3.63) is 78.4 Å². The molecule has 10 nitrogen and oxygen atoms in total. The standard InChI is InChI=1S/C19H16N8O2/c1-12-7-14(5-6-20-12)24-18(28)13-3-2-4-16(8-13)27-10-15(9-23-27)25-19(29)17-21-11-22-26-17/h2-11H,1H3,(H,25,29)(H,20,24,28)(H,21,22,26). The fourth-order valence-corrected chi connectivity index (χ4v) is 2.65. The topological polar surface area (TPSA) is 130 Å². The van der Waals surface area contributed by atoms with Gasteiger partial charge in [0.15, 0.2) is 0 Å². The average Bonchev–Trinajstić information content (AvgIpc) is 3.40. The van der Waals surface area contributed by atoms with Crippen molar-refractivity contribution in [2.24, 2.45) is 0 Å². The molecule has 10 heteroatoms. The molecule has 29 heavy (non-hydrogen) atoms. The van der Waals surface area contributed by atoms with Crippen LogP contribution in [0.3, 0.4) is 0 Å². The van der Waals surface area contributed by atoms with E-state index < -0.39 is 5.91 Å². The normalized spacial score (nSPS) is 10.5. The van der Waals surface area contributed by atoms with Gasteiger partial charge in [0.25, 0.3) is 11.8 Å². The first-order valence-electron chi connectivity index (χ1n) is 8.65. The molecule has 0 fully saturated rings. The number of nitrogens with zero attached hydrogens (tertiary/aromatic N) is 5. The van der Waals surface area contributed by atoms with E-state index in [4.69, 9.17) is 0 Å². The van der Waals surface area contributed by atoms with E-state index in [1.165, 1.54) is 12.5 Å². The summed E-state index contributed by atoms with van der Waals surface area (Å²) in [5.74, 6) is -0.669. The highest BCUT2D eigenvalue weighted by molar-refractivity contribution is 6.04. The third-order valence-electron chi connectivity index (χ3n) is 3.99. The minimum atomic E-state index is -0.452. The highest BCUT2D eigenvalue weighted by atomic mass is 16.2. The Hall–Kier alpha value is -4.34. The van der Waals surface area contributed by atoms with Crippen LogP contribution in [0.2, 0.25) is 0 Å². The van der Waals surface area contributed by atoms with Crippen molar-refractivity contribution in [3.8, 4) is 5.69 Å². The molecule has 0 atom stereocenters. The van der Waals surface area contributed by atoms with E-state index in [2.05, 4.69) is 35.9 Å². The van der Waals surface area contributed by atoms with E-state index in [0.717, 1.165) is 5.69 Å². The number of rotatable bonds is 5. The summed E-state index contributed by atoms with van der Waals surface area (Å²) >= 11 is 0. The molecule has 0 saturated carbocycles. The predicted molar refractivity (Wildman–Crippen MR) is 105 cm³/mol. The molecule has 0 spiro atoms. The molecule has 3 N–H and O–H groups in total. The van der Waals surface area contributed by atoms with Crippen LogP contribution in [0, 0.1) is 6.92 Å². The highest BCUT2D eigenvalue weighted by Crippen LogP contribution is 2.16. The molecule has 4 rings (SSSR count). The van der Waals surface area contributed by atoms with Gasteiger partial charge in [-0.25, -0.2) is 9.67 Å². The van der Waals surface area contributed by atoms with Gasteiger partial charge in [0.1, 0.15) is 6.33 Å². The van der Waals surface area contributed by atoms with E-state index in [9.17, 15) is 9.59 Å². The third-order valence-corrected chi connectivity index (χ3v) is 3.99. The van der Waals surface area contributed by atoms with Crippen molar-refractivity contribution >= 4 is 23.2 Å². The lowest BCUT2D eigenvalue weighted by Crippen LogP contribution is -2.13. The number of carbonyl (C=O) groups is 2. The summed E-state index contributed by atoms with van der Waals surface area (Å²) in [6.07, 6.45) is 6.09. The van der Waals surface area contributed by atoms with Gasteiger partial charge < -0.3 is 10.6 Å². The maximum atomic E-state index is 12.6. The number of benzene rings is 1. The Kier molecular flexibility index (Phi) is 4.81. The second kappa shape index (κ2) is 7.72. The number of aryl methyl sites for hydroxylation is 1. The summed E-state index contributed by atoms with van der Waals surface area (Å²) in [6.45, 7) is 1.85. The molecule has 0 radical (unpaired) electrons. The molecule has 3 heterocycles. The first-order chi connectivity index (χ1) is 14.1. The Balaban J connectivity index is 1.49. The molecule has 0 aliphatic rings. The summed E-state index contributed by atoms with van der Waals surface area (Å²) in [6, 6.07) is 10.5. The second-order valence-corrected chi connectivity index (χ2v) is 6.14. The lowest BCUT2D eigenvalue weighted by atomic mass is 10.2. The molecule has 4 aromatic rings. The number of H-pyrrole nitrogens is 1. The van der Waals surface area contributed by atoms with Crippen molar-refractivity contribution in [2.75, 3.05) is 10.6 Å². The number of nitrogens with one attached hydrogen (secondary N) is 3. The average molecular weight is 388 g/mol. The Morgan fingerprint density at radius 1 is 1.03 bits per heavy atom. The van der Waals surface area contributed by atoms with Crippen LogP contribution >= 0.6 is 0 Å². The Labute approximate surface area is 165 Å². The van der Waals surface area contributed by atoms with Gasteiger partial charge in [-0.1, -0.05) is 6.07 Å². The molecule has 1 aromatic carbocycles. The van der Waals surface area contributed by atoms with Crippen molar-refractivity contribution < 1.29 is 9.59 Å². The van der Waals surface area contributed by atoms with Gasteiger partial charge in [0.2, 0.25) is 5.82 Å². The van der Waals surface area contributed by atoms with Gasteiger partial charge in [-0.3, -0.25) is 19.7 Å². The van der Waals surface area contributed by atoms with E-state index >= 15 is 0 Å². The molecule has 2 amide bonds. The van der Waals surface area contributed by atoms with Crippen LogP contribution in [0.5, 0.6) is 0 Å². The number of aromatic nitrogens is 6. The van der Waals surface area contributed by atoms with Crippen LogP contribution < -0.4 is 10.6 Å². The first-order valence-corrected chi connectivity index (χ1v) is 8.65. The van der Waals surface area contributed by atoms with Gasteiger partial charge in [-0.2, -0.15) is 5.10 Å². The molecular formula is C19H16N8O2. The molecular weight excluding hydrogens is 372 g/mol. The molecule has 0 aliphatic heterocycles. The first kappa shape index (κ1) is 18.0. The third kappa shape index (κ3) is 4.16. The fraction of sp³-hybridized carbons (Fsp3) is 0.0526. The van der Waals surface area contributed by atoms with Crippen molar-refractivity contribution in [1.82, 2.24) is 29.9 Å². The van der Waals surface area contributed by atoms with Gasteiger partial charge in [-0.15, -0.1) is 5.10 Å². The van der Waals surface area contributed by atoms with Crippen LogP contribution in [-0.4, -0.2) is 41.8 Å². The van der Waals surface area contributed by atoms with Crippen LogP contribution in [0.4, 0.5) is 11.4 Å². The molecule has 0 saturated heterocycles. The monoisotopic (exact) mass is 388 g/mol. The summed E-state index contributed by atoms with van der Waals surface area (Å²) in [7, 11) is 0. The number of pyridine rings is 1. The van der Waals surface area contributed by atoms with Gasteiger partial charge in [0.05, 0.1) is 23.8 Å². The van der Waals surface area contributed by atoms with Crippen LogP contribution in [0.25, 0.3) is 5.69 Å². The smallest absolute Gasteiger partial charge is 0.295 e. The molecule has 0 bridgehead atoms. The van der Waals surface area contributed by atoms with E-state index in [1.807, 2.05) is 6.92 Å². The fourth-order valence-electron chi connectivity index (χ4n) is 2.65. The van der Waals surface area contributed by atoms with E-state index in [-0.39, 0.29) is 11.7 Å². The number of hydrogen-bond donors (Lipinski definition) is 3. The lowest BCUT2D eigenvalue weighted by molar-refractivity contribution is 0.101. The van der Waals surface area contributed by atoms with Crippen molar-refractivity contribution in [2.45, 2.75) is 6.92 Å².